The molecule has 0 radical (unpaired) electrons. The maximum absolute atomic E-state index is 4.17. The summed E-state index contributed by atoms with van der Waals surface area (Å²) in [6.45, 7) is 3.31. The third-order valence-electron chi connectivity index (χ3n) is 5.98. The molecule has 4 heteroatoms. The Morgan fingerprint density at radius 1 is 0.625 bits per heavy atom. The molecule has 2 aromatic heterocycles. The Bertz CT molecular complexity index is 1100. The number of fused-ring (bicyclic) bond motifs is 2. The van der Waals surface area contributed by atoms with Crippen LogP contribution in [0, 0.1) is 0 Å². The van der Waals surface area contributed by atoms with Crippen LogP contribution in [0.4, 0.5) is 11.4 Å². The Balaban J connectivity index is 1.53. The molecule has 3 heterocycles. The first-order valence-corrected chi connectivity index (χ1v) is 12.2. The van der Waals surface area contributed by atoms with Crippen LogP contribution < -0.4 is 4.90 Å². The normalized spacial score (nSPS) is 12.3. The van der Waals surface area contributed by atoms with E-state index in [1.165, 1.54) is 69.1 Å². The van der Waals surface area contributed by atoms with Gasteiger partial charge in [0, 0.05) is 41.1 Å². The SMILES string of the molecule is CCCCCCN1c2ccc(-c3ccncc3)cc2Sc2cc(-c3ccncc3)ccc21. The average Bonchev–Trinajstić information content (AvgIpc) is 2.86. The topological polar surface area (TPSA) is 29.0 Å². The summed E-state index contributed by atoms with van der Waals surface area (Å²) in [4.78, 5) is 13.5. The van der Waals surface area contributed by atoms with Crippen LogP contribution in [0.3, 0.4) is 0 Å². The maximum atomic E-state index is 4.17. The van der Waals surface area contributed by atoms with Crippen LogP contribution >= 0.6 is 11.8 Å². The Morgan fingerprint density at radius 3 is 1.66 bits per heavy atom. The number of benzene rings is 2. The molecule has 5 rings (SSSR count). The van der Waals surface area contributed by atoms with Crippen LogP contribution in [-0.2, 0) is 0 Å². The lowest BCUT2D eigenvalue weighted by Crippen LogP contribution is -2.22. The molecule has 1 aliphatic rings. The number of unbranched alkanes of at least 4 members (excludes halogenated alkanes) is 3. The van der Waals surface area contributed by atoms with Gasteiger partial charge in [0.1, 0.15) is 0 Å². The Hall–Kier alpha value is -3.11. The molecule has 2 aromatic carbocycles. The van der Waals surface area contributed by atoms with Crippen molar-refractivity contribution in [1.82, 2.24) is 9.97 Å². The summed E-state index contributed by atoms with van der Waals surface area (Å²) in [6, 6.07) is 22.0. The maximum Gasteiger partial charge on any atom is 0.0553 e. The molecule has 3 nitrogen and oxygen atoms in total. The zero-order valence-corrected chi connectivity index (χ0v) is 19.2. The van der Waals surface area contributed by atoms with Gasteiger partial charge in [0.25, 0.3) is 0 Å². The summed E-state index contributed by atoms with van der Waals surface area (Å²) >= 11 is 1.87. The smallest absolute Gasteiger partial charge is 0.0553 e. The number of hydrogen-bond donors (Lipinski definition) is 0. The van der Waals surface area contributed by atoms with Gasteiger partial charge in [0.15, 0.2) is 0 Å². The second-order valence-corrected chi connectivity index (χ2v) is 9.23. The molecular formula is C28H27N3S. The lowest BCUT2D eigenvalue weighted by Gasteiger charge is -2.33. The highest BCUT2D eigenvalue weighted by atomic mass is 32.2. The number of nitrogens with zero attached hydrogens (tertiary/aromatic N) is 3. The Labute approximate surface area is 194 Å². The van der Waals surface area contributed by atoms with Gasteiger partial charge in [-0.3, -0.25) is 9.97 Å². The molecular weight excluding hydrogens is 410 g/mol. The zero-order valence-electron chi connectivity index (χ0n) is 18.4. The van der Waals surface area contributed by atoms with Crippen molar-refractivity contribution in [1.29, 1.82) is 0 Å². The molecule has 0 aliphatic carbocycles. The fourth-order valence-corrected chi connectivity index (χ4v) is 5.45. The minimum Gasteiger partial charge on any atom is -0.340 e. The summed E-state index contributed by atoms with van der Waals surface area (Å²) in [5.41, 5.74) is 7.50. The first-order chi connectivity index (χ1) is 15.8. The zero-order chi connectivity index (χ0) is 21.8. The number of anilines is 2. The van der Waals surface area contributed by atoms with Gasteiger partial charge in [-0.15, -0.1) is 0 Å². The van der Waals surface area contributed by atoms with E-state index in [9.17, 15) is 0 Å². The van der Waals surface area contributed by atoms with Crippen molar-refractivity contribution in [2.45, 2.75) is 42.4 Å². The predicted octanol–water partition coefficient (Wildman–Crippen LogP) is 7.99. The molecule has 160 valence electrons. The van der Waals surface area contributed by atoms with Crippen molar-refractivity contribution >= 4 is 23.1 Å². The highest BCUT2D eigenvalue weighted by Gasteiger charge is 2.24. The second kappa shape index (κ2) is 9.58. The first-order valence-electron chi connectivity index (χ1n) is 11.4. The van der Waals surface area contributed by atoms with E-state index in [0.717, 1.165) is 6.54 Å². The number of hydrogen-bond acceptors (Lipinski definition) is 4. The van der Waals surface area contributed by atoms with Crippen molar-refractivity contribution in [2.75, 3.05) is 11.4 Å². The predicted molar refractivity (Wildman–Crippen MR) is 135 cm³/mol. The Kier molecular flexibility index (Phi) is 6.22. The second-order valence-electron chi connectivity index (χ2n) is 8.15. The van der Waals surface area contributed by atoms with Crippen molar-refractivity contribution in [3.63, 3.8) is 0 Å². The monoisotopic (exact) mass is 437 g/mol. The molecule has 0 saturated heterocycles. The van der Waals surface area contributed by atoms with E-state index in [4.69, 9.17) is 0 Å². The van der Waals surface area contributed by atoms with Crippen molar-refractivity contribution < 1.29 is 0 Å². The van der Waals surface area contributed by atoms with E-state index >= 15 is 0 Å². The van der Waals surface area contributed by atoms with Gasteiger partial charge in [-0.25, -0.2) is 0 Å². The van der Waals surface area contributed by atoms with Gasteiger partial charge in [0.05, 0.1) is 11.4 Å². The summed E-state index contributed by atoms with van der Waals surface area (Å²) in [6.07, 6.45) is 12.5. The van der Waals surface area contributed by atoms with E-state index in [1.54, 1.807) is 0 Å². The van der Waals surface area contributed by atoms with Gasteiger partial charge in [0.2, 0.25) is 0 Å². The highest BCUT2D eigenvalue weighted by Crippen LogP contribution is 2.50. The van der Waals surface area contributed by atoms with E-state index in [-0.39, 0.29) is 0 Å². The number of pyridine rings is 2. The summed E-state index contributed by atoms with van der Waals surface area (Å²) in [5, 5.41) is 0. The van der Waals surface area contributed by atoms with Crippen LogP contribution in [0.5, 0.6) is 0 Å². The van der Waals surface area contributed by atoms with E-state index in [0.29, 0.717) is 0 Å². The van der Waals surface area contributed by atoms with Crippen molar-refractivity contribution in [3.8, 4) is 22.3 Å². The molecule has 0 unspecified atom stereocenters. The molecule has 0 fully saturated rings. The minimum absolute atomic E-state index is 1.05. The molecule has 0 amide bonds. The summed E-state index contributed by atoms with van der Waals surface area (Å²) in [5.74, 6) is 0. The Morgan fingerprint density at radius 2 is 1.16 bits per heavy atom. The average molecular weight is 438 g/mol. The lowest BCUT2D eigenvalue weighted by atomic mass is 10.0. The standard InChI is InChI=1S/C28H27N3S/c1-2-3-4-5-18-31-25-8-6-23(21-10-14-29-15-11-21)19-27(25)32-28-20-24(7-9-26(28)31)22-12-16-30-17-13-22/h6-17,19-20H,2-5,18H2,1H3. The van der Waals surface area contributed by atoms with Gasteiger partial charge in [-0.05, 0) is 77.2 Å². The first kappa shape index (κ1) is 20.8. The molecule has 0 bridgehead atoms. The van der Waals surface area contributed by atoms with Crippen LogP contribution in [0.15, 0.2) is 95.2 Å². The fraction of sp³-hybridized carbons (Fsp3) is 0.214. The van der Waals surface area contributed by atoms with Gasteiger partial charge >= 0.3 is 0 Å². The number of aromatic nitrogens is 2. The van der Waals surface area contributed by atoms with Crippen molar-refractivity contribution in [3.05, 3.63) is 85.5 Å². The molecule has 0 N–H and O–H groups in total. The van der Waals surface area contributed by atoms with E-state index < -0.39 is 0 Å². The molecule has 0 saturated carbocycles. The molecule has 32 heavy (non-hydrogen) atoms. The van der Waals surface area contributed by atoms with Gasteiger partial charge < -0.3 is 4.90 Å². The van der Waals surface area contributed by atoms with Gasteiger partial charge in [-0.1, -0.05) is 50.1 Å². The third-order valence-corrected chi connectivity index (χ3v) is 7.08. The highest BCUT2D eigenvalue weighted by molar-refractivity contribution is 7.99. The van der Waals surface area contributed by atoms with Crippen molar-refractivity contribution in [2.24, 2.45) is 0 Å². The van der Waals surface area contributed by atoms with Crippen LogP contribution in [0.25, 0.3) is 22.3 Å². The summed E-state index contributed by atoms with van der Waals surface area (Å²) in [7, 11) is 0. The largest absolute Gasteiger partial charge is 0.340 e. The molecule has 1 aliphatic heterocycles. The summed E-state index contributed by atoms with van der Waals surface area (Å²) < 4.78 is 0. The molecule has 0 atom stereocenters. The van der Waals surface area contributed by atoms with Crippen LogP contribution in [-0.4, -0.2) is 16.5 Å². The van der Waals surface area contributed by atoms with Gasteiger partial charge in [-0.2, -0.15) is 0 Å². The number of rotatable bonds is 7. The molecule has 4 aromatic rings. The molecule has 0 spiro atoms. The van der Waals surface area contributed by atoms with Crippen LogP contribution in [0.2, 0.25) is 0 Å². The lowest BCUT2D eigenvalue weighted by molar-refractivity contribution is 0.666. The van der Waals surface area contributed by atoms with Crippen LogP contribution in [0.1, 0.15) is 32.6 Å². The third kappa shape index (κ3) is 4.28. The quantitative estimate of drug-likeness (QED) is 0.274. The van der Waals surface area contributed by atoms with E-state index in [2.05, 4.69) is 82.5 Å². The fourth-order valence-electron chi connectivity index (χ4n) is 4.27. The van der Waals surface area contributed by atoms with E-state index in [1.807, 2.05) is 36.5 Å². The minimum atomic E-state index is 1.05.